The monoisotopic (exact) mass is 400 g/mol. The quantitative estimate of drug-likeness (QED) is 0.133. The molecule has 0 radical (unpaired) electrons. The number of hydrogen-bond donors (Lipinski definition) is 0. The van der Waals surface area contributed by atoms with Crippen molar-refractivity contribution in [2.45, 2.75) is 143 Å². The van der Waals surface area contributed by atoms with E-state index < -0.39 is 8.56 Å². The van der Waals surface area contributed by atoms with Crippen LogP contribution >= 0.6 is 0 Å². The van der Waals surface area contributed by atoms with Gasteiger partial charge < -0.3 is 8.85 Å². The van der Waals surface area contributed by atoms with Gasteiger partial charge in [-0.2, -0.15) is 0 Å². The summed E-state index contributed by atoms with van der Waals surface area (Å²) in [5.41, 5.74) is 0. The molecule has 0 rings (SSSR count). The molecule has 3 heteroatoms. The maximum Gasteiger partial charge on any atom is 0.337 e. The van der Waals surface area contributed by atoms with Gasteiger partial charge in [0.25, 0.3) is 0 Å². The predicted octanol–water partition coefficient (Wildman–Crippen LogP) is 8.78. The Balaban J connectivity index is 3.58. The van der Waals surface area contributed by atoms with Gasteiger partial charge in [-0.3, -0.25) is 0 Å². The highest BCUT2D eigenvalue weighted by atomic mass is 28.4. The molecule has 0 atom stereocenters. The molecule has 0 N–H and O–H groups in total. The molecular weight excluding hydrogens is 348 g/mol. The summed E-state index contributed by atoms with van der Waals surface area (Å²) in [7, 11) is -1.91. The molecule has 2 nitrogen and oxygen atoms in total. The summed E-state index contributed by atoms with van der Waals surface area (Å²) >= 11 is 0. The van der Waals surface area contributed by atoms with E-state index in [2.05, 4.69) is 27.7 Å². The Labute approximate surface area is 173 Å². The zero-order valence-corrected chi connectivity index (χ0v) is 20.5. The Morgan fingerprint density at radius 2 is 0.815 bits per heavy atom. The van der Waals surface area contributed by atoms with Crippen molar-refractivity contribution in [2.75, 3.05) is 13.2 Å². The molecule has 164 valence electrons. The van der Waals surface area contributed by atoms with Crippen molar-refractivity contribution >= 4 is 8.56 Å². The number of unbranched alkanes of at least 4 members (excludes halogenated alkanes) is 13. The van der Waals surface area contributed by atoms with Gasteiger partial charge in [0.2, 0.25) is 0 Å². The van der Waals surface area contributed by atoms with Crippen molar-refractivity contribution in [3.05, 3.63) is 0 Å². The Kier molecular flexibility index (Phi) is 21.0. The van der Waals surface area contributed by atoms with E-state index in [-0.39, 0.29) is 0 Å². The van der Waals surface area contributed by atoms with Crippen molar-refractivity contribution in [3.8, 4) is 0 Å². The van der Waals surface area contributed by atoms with E-state index in [1.54, 1.807) is 0 Å². The lowest BCUT2D eigenvalue weighted by atomic mass is 10.0. The smallest absolute Gasteiger partial charge is 0.337 e. The van der Waals surface area contributed by atoms with Crippen molar-refractivity contribution in [3.63, 3.8) is 0 Å². The second kappa shape index (κ2) is 20.9. The Morgan fingerprint density at radius 1 is 0.444 bits per heavy atom. The summed E-state index contributed by atoms with van der Waals surface area (Å²) in [5.74, 6) is 0. The van der Waals surface area contributed by atoms with Gasteiger partial charge in [0.1, 0.15) is 0 Å². The van der Waals surface area contributed by atoms with Crippen LogP contribution in [0.2, 0.25) is 12.1 Å². The van der Waals surface area contributed by atoms with Gasteiger partial charge >= 0.3 is 8.56 Å². The standard InChI is InChI=1S/C24H52O2Si/c1-5-9-10-11-12-13-14-15-16-17-18-19-20-21-24-27(8-4,25-22-6-2)26-23-7-3/h5-24H2,1-4H3. The van der Waals surface area contributed by atoms with Crippen LogP contribution in [0.25, 0.3) is 0 Å². The highest BCUT2D eigenvalue weighted by Gasteiger charge is 2.34. The normalized spacial score (nSPS) is 12.0. The molecule has 0 aliphatic heterocycles. The van der Waals surface area contributed by atoms with Crippen LogP contribution in [0.1, 0.15) is 130 Å². The van der Waals surface area contributed by atoms with E-state index in [1.165, 1.54) is 95.9 Å². The van der Waals surface area contributed by atoms with E-state index in [1.807, 2.05) is 0 Å². The van der Waals surface area contributed by atoms with E-state index in [4.69, 9.17) is 8.85 Å². The second-order valence-corrected chi connectivity index (χ2v) is 11.9. The fourth-order valence-corrected chi connectivity index (χ4v) is 6.81. The fourth-order valence-electron chi connectivity index (χ4n) is 3.73. The molecule has 0 amide bonds. The average Bonchev–Trinajstić information content (AvgIpc) is 2.70. The molecule has 0 aliphatic carbocycles. The van der Waals surface area contributed by atoms with E-state index in [9.17, 15) is 0 Å². The zero-order valence-electron chi connectivity index (χ0n) is 19.5. The molecule has 0 aromatic carbocycles. The summed E-state index contributed by atoms with van der Waals surface area (Å²) in [6, 6.07) is 2.30. The van der Waals surface area contributed by atoms with E-state index in [0.29, 0.717) is 0 Å². The Bertz CT molecular complexity index is 276. The lowest BCUT2D eigenvalue weighted by Crippen LogP contribution is -2.42. The molecule has 0 aromatic rings. The molecule has 0 bridgehead atoms. The summed E-state index contributed by atoms with van der Waals surface area (Å²) in [4.78, 5) is 0. The molecular formula is C24H52O2Si. The first-order valence-corrected chi connectivity index (χ1v) is 14.8. The van der Waals surface area contributed by atoms with Crippen LogP contribution in [0.5, 0.6) is 0 Å². The summed E-state index contributed by atoms with van der Waals surface area (Å²) in [6.07, 6.45) is 22.1. The lowest BCUT2D eigenvalue weighted by molar-refractivity contribution is 0.167. The van der Waals surface area contributed by atoms with Gasteiger partial charge in [0, 0.05) is 13.2 Å². The van der Waals surface area contributed by atoms with Crippen LogP contribution in [-0.4, -0.2) is 21.8 Å². The van der Waals surface area contributed by atoms with Crippen molar-refractivity contribution in [2.24, 2.45) is 0 Å². The van der Waals surface area contributed by atoms with Crippen LogP contribution in [-0.2, 0) is 8.85 Å². The topological polar surface area (TPSA) is 18.5 Å². The average molecular weight is 401 g/mol. The lowest BCUT2D eigenvalue weighted by Gasteiger charge is -2.29. The molecule has 0 unspecified atom stereocenters. The summed E-state index contributed by atoms with van der Waals surface area (Å²) in [6.45, 7) is 10.7. The van der Waals surface area contributed by atoms with Crippen LogP contribution < -0.4 is 0 Å². The third-order valence-corrected chi connectivity index (χ3v) is 9.24. The summed E-state index contributed by atoms with van der Waals surface area (Å²) in [5, 5.41) is 0. The SMILES string of the molecule is CCCCCCCCCCCCCCCC[Si](CC)(OCCC)OCCC. The first kappa shape index (κ1) is 27.1. The molecule has 0 fully saturated rings. The zero-order chi connectivity index (χ0) is 20.1. The first-order chi connectivity index (χ1) is 13.2. The third kappa shape index (κ3) is 16.8. The van der Waals surface area contributed by atoms with Crippen LogP contribution in [0, 0.1) is 0 Å². The highest BCUT2D eigenvalue weighted by molar-refractivity contribution is 6.67. The predicted molar refractivity (Wildman–Crippen MR) is 124 cm³/mol. The molecule has 0 saturated heterocycles. The number of rotatable bonds is 22. The van der Waals surface area contributed by atoms with Gasteiger partial charge in [0.15, 0.2) is 0 Å². The van der Waals surface area contributed by atoms with Crippen LogP contribution in [0.4, 0.5) is 0 Å². The van der Waals surface area contributed by atoms with Crippen molar-refractivity contribution in [1.29, 1.82) is 0 Å². The first-order valence-electron chi connectivity index (χ1n) is 12.5. The van der Waals surface area contributed by atoms with E-state index in [0.717, 1.165) is 32.1 Å². The highest BCUT2D eigenvalue weighted by Crippen LogP contribution is 2.24. The number of hydrogen-bond acceptors (Lipinski definition) is 2. The van der Waals surface area contributed by atoms with Crippen molar-refractivity contribution < 1.29 is 8.85 Å². The minimum Gasteiger partial charge on any atom is -0.394 e. The second-order valence-electron chi connectivity index (χ2n) is 8.31. The molecule has 27 heavy (non-hydrogen) atoms. The van der Waals surface area contributed by atoms with E-state index >= 15 is 0 Å². The Hall–Kier alpha value is 0.137. The third-order valence-electron chi connectivity index (χ3n) is 5.59. The molecule has 0 spiro atoms. The van der Waals surface area contributed by atoms with Gasteiger partial charge in [-0.05, 0) is 24.9 Å². The van der Waals surface area contributed by atoms with Crippen LogP contribution in [0.3, 0.4) is 0 Å². The molecule has 0 aromatic heterocycles. The van der Waals surface area contributed by atoms with Gasteiger partial charge in [-0.1, -0.05) is 118 Å². The summed E-state index contributed by atoms with van der Waals surface area (Å²) < 4.78 is 12.5. The van der Waals surface area contributed by atoms with Gasteiger partial charge in [-0.25, -0.2) is 0 Å². The maximum absolute atomic E-state index is 6.26. The van der Waals surface area contributed by atoms with Crippen LogP contribution in [0.15, 0.2) is 0 Å². The van der Waals surface area contributed by atoms with Gasteiger partial charge in [0.05, 0.1) is 0 Å². The Morgan fingerprint density at radius 3 is 1.15 bits per heavy atom. The fraction of sp³-hybridized carbons (Fsp3) is 1.00. The molecule has 0 aliphatic rings. The minimum atomic E-state index is -1.91. The van der Waals surface area contributed by atoms with Gasteiger partial charge in [-0.15, -0.1) is 0 Å². The maximum atomic E-state index is 6.26. The largest absolute Gasteiger partial charge is 0.394 e. The molecule has 0 saturated carbocycles. The minimum absolute atomic E-state index is 0.877. The molecule has 0 heterocycles. The van der Waals surface area contributed by atoms with Crippen molar-refractivity contribution in [1.82, 2.24) is 0 Å².